The lowest BCUT2D eigenvalue weighted by Crippen LogP contribution is -2.05. The van der Waals surface area contributed by atoms with Gasteiger partial charge in [0.1, 0.15) is 11.6 Å². The summed E-state index contributed by atoms with van der Waals surface area (Å²) in [5.41, 5.74) is 0. The fourth-order valence-corrected chi connectivity index (χ4v) is 2.25. The normalized spacial score (nSPS) is 18.5. The van der Waals surface area contributed by atoms with Gasteiger partial charge < -0.3 is 5.32 Å². The van der Waals surface area contributed by atoms with Crippen LogP contribution < -0.4 is 5.32 Å². The van der Waals surface area contributed by atoms with Gasteiger partial charge in [-0.2, -0.15) is 0 Å². The second kappa shape index (κ2) is 5.10. The maximum absolute atomic E-state index is 4.53. The van der Waals surface area contributed by atoms with Crippen molar-refractivity contribution in [2.75, 3.05) is 12.4 Å². The molecule has 0 amide bonds. The summed E-state index contributed by atoms with van der Waals surface area (Å²) in [4.78, 5) is 8.94. The summed E-state index contributed by atoms with van der Waals surface area (Å²) in [6, 6.07) is 1.92. The first-order valence-electron chi connectivity index (χ1n) is 5.91. The fourth-order valence-electron chi connectivity index (χ4n) is 2.25. The predicted octanol–water partition coefficient (Wildman–Crippen LogP) is 2.96. The maximum atomic E-state index is 4.53. The third-order valence-electron chi connectivity index (χ3n) is 3.15. The van der Waals surface area contributed by atoms with E-state index in [2.05, 4.69) is 15.3 Å². The van der Waals surface area contributed by atoms with Gasteiger partial charge in [0.2, 0.25) is 0 Å². The lowest BCUT2D eigenvalue weighted by atomic mass is 9.99. The first kappa shape index (κ1) is 10.4. The van der Waals surface area contributed by atoms with Crippen LogP contribution in [0.4, 0.5) is 5.82 Å². The van der Waals surface area contributed by atoms with Crippen LogP contribution in [0, 0.1) is 0 Å². The van der Waals surface area contributed by atoms with Gasteiger partial charge in [-0.1, -0.05) is 25.7 Å². The molecule has 0 bridgehead atoms. The smallest absolute Gasteiger partial charge is 0.133 e. The SMILES string of the molecule is CNc1ccnc(C2CCCCCC2)n1. The number of anilines is 1. The van der Waals surface area contributed by atoms with Gasteiger partial charge in [-0.15, -0.1) is 0 Å². The highest BCUT2D eigenvalue weighted by atomic mass is 15.0. The van der Waals surface area contributed by atoms with Gasteiger partial charge in [-0.3, -0.25) is 0 Å². The van der Waals surface area contributed by atoms with E-state index in [0.29, 0.717) is 5.92 Å². The number of rotatable bonds is 2. The van der Waals surface area contributed by atoms with Crippen LogP contribution in [0.15, 0.2) is 12.3 Å². The van der Waals surface area contributed by atoms with Gasteiger partial charge >= 0.3 is 0 Å². The Morgan fingerprint density at radius 2 is 1.93 bits per heavy atom. The minimum absolute atomic E-state index is 0.584. The molecule has 15 heavy (non-hydrogen) atoms. The standard InChI is InChI=1S/C12H19N3/c1-13-11-8-9-14-12(15-11)10-6-4-2-3-5-7-10/h8-10H,2-7H2,1H3,(H,13,14,15). The Kier molecular flexibility index (Phi) is 3.54. The summed E-state index contributed by atoms with van der Waals surface area (Å²) < 4.78 is 0. The van der Waals surface area contributed by atoms with E-state index >= 15 is 0 Å². The molecular weight excluding hydrogens is 186 g/mol. The van der Waals surface area contributed by atoms with Crippen molar-refractivity contribution in [1.82, 2.24) is 9.97 Å². The molecule has 2 rings (SSSR count). The maximum Gasteiger partial charge on any atom is 0.133 e. The van der Waals surface area contributed by atoms with Gasteiger partial charge in [0.05, 0.1) is 0 Å². The van der Waals surface area contributed by atoms with E-state index in [4.69, 9.17) is 0 Å². The third kappa shape index (κ3) is 2.67. The number of nitrogens with one attached hydrogen (secondary N) is 1. The van der Waals surface area contributed by atoms with E-state index in [-0.39, 0.29) is 0 Å². The number of nitrogens with zero attached hydrogens (tertiary/aromatic N) is 2. The summed E-state index contributed by atoms with van der Waals surface area (Å²) in [5.74, 6) is 2.55. The van der Waals surface area contributed by atoms with Crippen molar-refractivity contribution >= 4 is 5.82 Å². The minimum Gasteiger partial charge on any atom is -0.373 e. The third-order valence-corrected chi connectivity index (χ3v) is 3.15. The highest BCUT2D eigenvalue weighted by Crippen LogP contribution is 2.29. The topological polar surface area (TPSA) is 37.8 Å². The average molecular weight is 205 g/mol. The Balaban J connectivity index is 2.12. The van der Waals surface area contributed by atoms with Crippen molar-refractivity contribution in [2.24, 2.45) is 0 Å². The van der Waals surface area contributed by atoms with Crippen molar-refractivity contribution in [3.05, 3.63) is 18.1 Å². The van der Waals surface area contributed by atoms with E-state index < -0.39 is 0 Å². The van der Waals surface area contributed by atoms with Gasteiger partial charge in [-0.05, 0) is 18.9 Å². The molecule has 0 aromatic carbocycles. The van der Waals surface area contributed by atoms with Crippen molar-refractivity contribution in [1.29, 1.82) is 0 Å². The molecule has 0 aliphatic heterocycles. The van der Waals surface area contributed by atoms with E-state index in [1.54, 1.807) is 0 Å². The van der Waals surface area contributed by atoms with Crippen molar-refractivity contribution in [3.63, 3.8) is 0 Å². The molecule has 1 aliphatic rings. The molecule has 3 nitrogen and oxygen atoms in total. The second-order valence-corrected chi connectivity index (χ2v) is 4.24. The monoisotopic (exact) mass is 205 g/mol. The molecule has 0 saturated heterocycles. The van der Waals surface area contributed by atoms with Gasteiger partial charge in [0.25, 0.3) is 0 Å². The van der Waals surface area contributed by atoms with Crippen molar-refractivity contribution < 1.29 is 0 Å². The number of hydrogen-bond donors (Lipinski definition) is 1. The van der Waals surface area contributed by atoms with Gasteiger partial charge in [-0.25, -0.2) is 9.97 Å². The lowest BCUT2D eigenvalue weighted by Gasteiger charge is -2.12. The fraction of sp³-hybridized carbons (Fsp3) is 0.667. The minimum atomic E-state index is 0.584. The molecule has 1 N–H and O–H groups in total. The van der Waals surface area contributed by atoms with Crippen molar-refractivity contribution in [3.8, 4) is 0 Å². The molecule has 3 heteroatoms. The summed E-state index contributed by atoms with van der Waals surface area (Å²) in [7, 11) is 1.90. The van der Waals surface area contributed by atoms with Crippen LogP contribution in [0.5, 0.6) is 0 Å². The van der Waals surface area contributed by atoms with Crippen LogP contribution in [-0.2, 0) is 0 Å². The lowest BCUT2D eigenvalue weighted by molar-refractivity contribution is 0.561. The zero-order valence-corrected chi connectivity index (χ0v) is 9.37. The molecule has 82 valence electrons. The van der Waals surface area contributed by atoms with Crippen LogP contribution in [0.25, 0.3) is 0 Å². The van der Waals surface area contributed by atoms with E-state index in [1.165, 1.54) is 38.5 Å². The molecule has 1 saturated carbocycles. The molecule has 0 radical (unpaired) electrons. The quantitative estimate of drug-likeness (QED) is 0.754. The Morgan fingerprint density at radius 3 is 2.60 bits per heavy atom. The number of aromatic nitrogens is 2. The molecule has 1 fully saturated rings. The highest BCUT2D eigenvalue weighted by molar-refractivity contribution is 5.32. The van der Waals surface area contributed by atoms with Crippen LogP contribution in [0.2, 0.25) is 0 Å². The molecule has 1 heterocycles. The Morgan fingerprint density at radius 1 is 1.20 bits per heavy atom. The van der Waals surface area contributed by atoms with Crippen LogP contribution in [-0.4, -0.2) is 17.0 Å². The summed E-state index contributed by atoms with van der Waals surface area (Å²) in [6.07, 6.45) is 9.79. The molecule has 1 aromatic heterocycles. The van der Waals surface area contributed by atoms with E-state index in [9.17, 15) is 0 Å². The molecule has 0 atom stereocenters. The zero-order chi connectivity index (χ0) is 10.5. The Bertz CT molecular complexity index is 303. The Labute approximate surface area is 91.3 Å². The highest BCUT2D eigenvalue weighted by Gasteiger charge is 2.16. The van der Waals surface area contributed by atoms with Crippen molar-refractivity contribution in [2.45, 2.75) is 44.4 Å². The first-order chi connectivity index (χ1) is 7.40. The summed E-state index contributed by atoms with van der Waals surface area (Å²) in [5, 5.41) is 3.07. The predicted molar refractivity (Wildman–Crippen MR) is 62.0 cm³/mol. The van der Waals surface area contributed by atoms with Crippen LogP contribution in [0.1, 0.15) is 50.3 Å². The molecule has 1 aromatic rings. The van der Waals surface area contributed by atoms with E-state index in [0.717, 1.165) is 11.6 Å². The Hall–Kier alpha value is -1.12. The second-order valence-electron chi connectivity index (χ2n) is 4.24. The van der Waals surface area contributed by atoms with Gasteiger partial charge in [0, 0.05) is 19.2 Å². The number of hydrogen-bond acceptors (Lipinski definition) is 3. The van der Waals surface area contributed by atoms with Crippen LogP contribution >= 0.6 is 0 Å². The summed E-state index contributed by atoms with van der Waals surface area (Å²) >= 11 is 0. The zero-order valence-electron chi connectivity index (χ0n) is 9.37. The first-order valence-corrected chi connectivity index (χ1v) is 5.91. The van der Waals surface area contributed by atoms with E-state index in [1.807, 2.05) is 19.3 Å². The summed E-state index contributed by atoms with van der Waals surface area (Å²) in [6.45, 7) is 0. The average Bonchev–Trinajstić information content (AvgIpc) is 2.58. The molecule has 0 unspecified atom stereocenters. The molecule has 0 spiro atoms. The molecular formula is C12H19N3. The van der Waals surface area contributed by atoms with Gasteiger partial charge in [0.15, 0.2) is 0 Å². The van der Waals surface area contributed by atoms with Crippen LogP contribution in [0.3, 0.4) is 0 Å². The molecule has 1 aliphatic carbocycles. The largest absolute Gasteiger partial charge is 0.373 e.